The minimum atomic E-state index is -1.05. The Morgan fingerprint density at radius 3 is 2.80 bits per heavy atom. The number of ether oxygens (including phenoxy) is 1. The number of carbonyl (C=O) groups is 1. The van der Waals surface area contributed by atoms with Gasteiger partial charge in [-0.3, -0.25) is 0 Å². The van der Waals surface area contributed by atoms with Gasteiger partial charge in [0.25, 0.3) is 0 Å². The van der Waals surface area contributed by atoms with Gasteiger partial charge in [0.2, 0.25) is 0 Å². The number of carboxylic acid groups (broad SMARTS) is 1. The van der Waals surface area contributed by atoms with Crippen molar-refractivity contribution in [1.82, 2.24) is 5.32 Å². The molecule has 0 atom stereocenters. The maximum absolute atomic E-state index is 10.3. The number of nitrogens with two attached hydrogens (primary N) is 1. The van der Waals surface area contributed by atoms with Crippen LogP contribution in [0, 0.1) is 0 Å². The summed E-state index contributed by atoms with van der Waals surface area (Å²) in [5, 5.41) is 10.8. The van der Waals surface area contributed by atoms with Gasteiger partial charge in [-0.2, -0.15) is 0 Å². The van der Waals surface area contributed by atoms with E-state index in [1.165, 1.54) is 0 Å². The summed E-state index contributed by atoms with van der Waals surface area (Å²) in [6, 6.07) is 5.38. The Hall–Kier alpha value is -1.75. The lowest BCUT2D eigenvalue weighted by molar-refractivity contribution is 0.194. The van der Waals surface area contributed by atoms with E-state index < -0.39 is 6.09 Å². The van der Waals surface area contributed by atoms with Crippen molar-refractivity contribution >= 4 is 6.09 Å². The molecule has 1 aromatic rings. The summed E-state index contributed by atoms with van der Waals surface area (Å²) in [7, 11) is 1.57. The van der Waals surface area contributed by atoms with Gasteiger partial charge in [-0.1, -0.05) is 6.07 Å². The van der Waals surface area contributed by atoms with Crippen LogP contribution in [0.2, 0.25) is 0 Å². The zero-order valence-corrected chi connectivity index (χ0v) is 8.49. The van der Waals surface area contributed by atoms with E-state index in [2.05, 4.69) is 5.32 Å². The predicted octanol–water partition coefficient (Wildman–Crippen LogP) is 0.921. The maximum Gasteiger partial charge on any atom is 0.404 e. The molecule has 0 aliphatic heterocycles. The van der Waals surface area contributed by atoms with Gasteiger partial charge in [0, 0.05) is 13.1 Å². The number of amides is 1. The summed E-state index contributed by atoms with van der Waals surface area (Å²) in [5.74, 6) is 0.717. The maximum atomic E-state index is 10.3. The molecule has 1 rings (SSSR count). The summed E-state index contributed by atoms with van der Waals surface area (Å²) in [4.78, 5) is 10.3. The Kier molecular flexibility index (Phi) is 3.93. The van der Waals surface area contributed by atoms with Crippen molar-refractivity contribution in [2.45, 2.75) is 13.1 Å². The fourth-order valence-corrected chi connectivity index (χ4v) is 1.26. The molecule has 0 aromatic heterocycles. The molecule has 0 bridgehead atoms. The molecule has 15 heavy (non-hydrogen) atoms. The topological polar surface area (TPSA) is 84.6 Å². The van der Waals surface area contributed by atoms with Gasteiger partial charge in [-0.15, -0.1) is 0 Å². The van der Waals surface area contributed by atoms with E-state index >= 15 is 0 Å². The van der Waals surface area contributed by atoms with Crippen LogP contribution < -0.4 is 15.8 Å². The molecule has 5 heteroatoms. The lowest BCUT2D eigenvalue weighted by Gasteiger charge is -2.09. The van der Waals surface area contributed by atoms with E-state index in [1.54, 1.807) is 25.3 Å². The molecule has 0 heterocycles. The SMILES string of the molecule is COc1ccc(CNC(=O)O)c(CN)c1. The van der Waals surface area contributed by atoms with Crippen LogP contribution in [0.5, 0.6) is 5.75 Å². The zero-order valence-electron chi connectivity index (χ0n) is 8.49. The first-order chi connectivity index (χ1) is 7.17. The largest absolute Gasteiger partial charge is 0.497 e. The van der Waals surface area contributed by atoms with Crippen LogP contribution in [0.4, 0.5) is 4.79 Å². The number of nitrogens with one attached hydrogen (secondary N) is 1. The Bertz CT molecular complexity index is 353. The smallest absolute Gasteiger partial charge is 0.404 e. The van der Waals surface area contributed by atoms with Gasteiger partial charge in [0.15, 0.2) is 0 Å². The molecular weight excluding hydrogens is 196 g/mol. The second kappa shape index (κ2) is 5.21. The van der Waals surface area contributed by atoms with E-state index in [4.69, 9.17) is 15.6 Å². The van der Waals surface area contributed by atoms with Crippen LogP contribution in [-0.4, -0.2) is 18.3 Å². The highest BCUT2D eigenvalue weighted by Crippen LogP contribution is 2.17. The van der Waals surface area contributed by atoms with Gasteiger partial charge in [0.1, 0.15) is 5.75 Å². The first-order valence-electron chi connectivity index (χ1n) is 4.50. The fourth-order valence-electron chi connectivity index (χ4n) is 1.26. The number of benzene rings is 1. The first kappa shape index (κ1) is 11.3. The molecule has 0 radical (unpaired) electrons. The second-order valence-electron chi connectivity index (χ2n) is 3.00. The quantitative estimate of drug-likeness (QED) is 0.690. The van der Waals surface area contributed by atoms with Crippen molar-refractivity contribution in [1.29, 1.82) is 0 Å². The lowest BCUT2D eigenvalue weighted by atomic mass is 10.1. The van der Waals surface area contributed by atoms with E-state index in [-0.39, 0.29) is 6.54 Å². The van der Waals surface area contributed by atoms with Crippen molar-refractivity contribution in [3.63, 3.8) is 0 Å². The van der Waals surface area contributed by atoms with Gasteiger partial charge < -0.3 is 20.9 Å². The summed E-state index contributed by atoms with van der Waals surface area (Å²) >= 11 is 0. The van der Waals surface area contributed by atoms with Crippen LogP contribution in [0.1, 0.15) is 11.1 Å². The Morgan fingerprint density at radius 1 is 1.53 bits per heavy atom. The minimum absolute atomic E-state index is 0.256. The zero-order chi connectivity index (χ0) is 11.3. The van der Waals surface area contributed by atoms with Gasteiger partial charge in [-0.25, -0.2) is 4.79 Å². The number of rotatable bonds is 4. The molecule has 0 saturated heterocycles. The number of hydrogen-bond acceptors (Lipinski definition) is 3. The van der Waals surface area contributed by atoms with Crippen LogP contribution in [-0.2, 0) is 13.1 Å². The highest BCUT2D eigenvalue weighted by Gasteiger charge is 2.04. The highest BCUT2D eigenvalue weighted by molar-refractivity contribution is 5.64. The molecule has 5 nitrogen and oxygen atoms in total. The Balaban J connectivity index is 2.82. The van der Waals surface area contributed by atoms with E-state index in [9.17, 15) is 4.79 Å². The first-order valence-corrected chi connectivity index (χ1v) is 4.50. The molecule has 1 aromatic carbocycles. The van der Waals surface area contributed by atoms with Crippen molar-refractivity contribution in [2.24, 2.45) is 5.73 Å². The van der Waals surface area contributed by atoms with Crippen molar-refractivity contribution in [2.75, 3.05) is 7.11 Å². The van der Waals surface area contributed by atoms with Crippen LogP contribution in [0.15, 0.2) is 18.2 Å². The summed E-state index contributed by atoms with van der Waals surface area (Å²) in [6.07, 6.45) is -1.05. The molecule has 0 spiro atoms. The number of methoxy groups -OCH3 is 1. The third kappa shape index (κ3) is 3.14. The van der Waals surface area contributed by atoms with Crippen molar-refractivity contribution in [3.8, 4) is 5.75 Å². The van der Waals surface area contributed by atoms with Gasteiger partial charge in [-0.05, 0) is 23.3 Å². The van der Waals surface area contributed by atoms with Crippen molar-refractivity contribution in [3.05, 3.63) is 29.3 Å². The van der Waals surface area contributed by atoms with Gasteiger partial charge in [0.05, 0.1) is 7.11 Å². The molecule has 4 N–H and O–H groups in total. The third-order valence-corrected chi connectivity index (χ3v) is 2.06. The predicted molar refractivity (Wildman–Crippen MR) is 55.7 cm³/mol. The monoisotopic (exact) mass is 210 g/mol. The van der Waals surface area contributed by atoms with E-state index in [1.807, 2.05) is 0 Å². The average molecular weight is 210 g/mol. The summed E-state index contributed by atoms with van der Waals surface area (Å²) in [6.45, 7) is 0.611. The lowest BCUT2D eigenvalue weighted by Crippen LogP contribution is -2.21. The van der Waals surface area contributed by atoms with Crippen molar-refractivity contribution < 1.29 is 14.6 Å². The van der Waals surface area contributed by atoms with Crippen LogP contribution in [0.25, 0.3) is 0 Å². The third-order valence-electron chi connectivity index (χ3n) is 2.06. The fraction of sp³-hybridized carbons (Fsp3) is 0.300. The van der Waals surface area contributed by atoms with Crippen LogP contribution >= 0.6 is 0 Å². The molecule has 0 saturated carbocycles. The van der Waals surface area contributed by atoms with Crippen LogP contribution in [0.3, 0.4) is 0 Å². The second-order valence-corrected chi connectivity index (χ2v) is 3.00. The van der Waals surface area contributed by atoms with E-state index in [0.717, 1.165) is 16.9 Å². The number of hydrogen-bond donors (Lipinski definition) is 3. The minimum Gasteiger partial charge on any atom is -0.497 e. The Morgan fingerprint density at radius 2 is 2.27 bits per heavy atom. The molecular formula is C10H14N2O3. The average Bonchev–Trinajstić information content (AvgIpc) is 2.25. The Labute approximate surface area is 87.9 Å². The molecule has 0 aliphatic carbocycles. The summed E-state index contributed by atoms with van der Waals surface area (Å²) in [5.41, 5.74) is 7.29. The molecule has 82 valence electrons. The van der Waals surface area contributed by atoms with Gasteiger partial charge >= 0.3 is 6.09 Å². The molecule has 0 unspecified atom stereocenters. The van der Waals surface area contributed by atoms with E-state index in [0.29, 0.717) is 6.54 Å². The molecule has 0 fully saturated rings. The highest BCUT2D eigenvalue weighted by atomic mass is 16.5. The molecule has 0 aliphatic rings. The summed E-state index contributed by atoms with van der Waals surface area (Å²) < 4.78 is 5.04. The molecule has 1 amide bonds. The standard InChI is InChI=1S/C10H14N2O3/c1-15-9-3-2-7(6-12-10(13)14)8(4-9)5-11/h2-4,12H,5-6,11H2,1H3,(H,13,14). The normalized spacial score (nSPS) is 9.73.